The summed E-state index contributed by atoms with van der Waals surface area (Å²) in [7, 11) is 2.14. The zero-order chi connectivity index (χ0) is 40.0. The lowest BCUT2D eigenvalue weighted by molar-refractivity contribution is 0.577. The van der Waals surface area contributed by atoms with Crippen LogP contribution in [-0.2, 0) is 28.7 Å². The topological polar surface area (TPSA) is 30.7 Å². The van der Waals surface area contributed by atoms with Crippen LogP contribution < -0.4 is 0 Å². The maximum absolute atomic E-state index is 6.11. The molecular formula is C55H49N3. The average Bonchev–Trinajstić information content (AvgIpc) is 3.87. The largest absolute Gasteiger partial charge is 0.334 e. The fourth-order valence-electron chi connectivity index (χ4n) is 9.96. The minimum atomic E-state index is -0.809. The van der Waals surface area contributed by atoms with Crippen molar-refractivity contribution in [2.45, 2.75) is 63.2 Å². The quantitative estimate of drug-likeness (QED) is 0.175. The van der Waals surface area contributed by atoms with E-state index in [1.165, 1.54) is 61.2 Å². The Bertz CT molecular complexity index is 2790. The molecule has 0 amide bonds. The number of hydrogen-bond donors (Lipinski definition) is 0. The molecule has 8 aromatic rings. The van der Waals surface area contributed by atoms with Gasteiger partial charge in [0.1, 0.15) is 11.2 Å². The number of benzene rings is 6. The van der Waals surface area contributed by atoms with Crippen LogP contribution in [0.15, 0.2) is 170 Å². The number of hydrogen-bond acceptors (Lipinski definition) is 2. The van der Waals surface area contributed by atoms with E-state index in [0.717, 1.165) is 28.5 Å². The lowest BCUT2D eigenvalue weighted by Gasteiger charge is -2.37. The summed E-state index contributed by atoms with van der Waals surface area (Å²) in [5.74, 6) is 0.939. The van der Waals surface area contributed by atoms with E-state index in [1.54, 1.807) is 0 Å². The highest BCUT2D eigenvalue weighted by atomic mass is 15.1. The average molecular weight is 752 g/mol. The van der Waals surface area contributed by atoms with Crippen molar-refractivity contribution in [2.75, 3.05) is 0 Å². The fraction of sp³-hybridized carbons (Fsp3) is 0.200. The lowest BCUT2D eigenvalue weighted by Crippen LogP contribution is -2.35. The zero-order valence-corrected chi connectivity index (χ0v) is 34.5. The van der Waals surface area contributed by atoms with Gasteiger partial charge in [0.05, 0.1) is 22.5 Å². The van der Waals surface area contributed by atoms with E-state index in [-0.39, 0.29) is 10.8 Å². The third-order valence-electron chi connectivity index (χ3n) is 12.8. The molecule has 0 atom stereocenters. The van der Waals surface area contributed by atoms with Gasteiger partial charge in [-0.1, -0.05) is 187 Å². The Morgan fingerprint density at radius 1 is 0.414 bits per heavy atom. The number of aryl methyl sites for hydroxylation is 1. The summed E-state index contributed by atoms with van der Waals surface area (Å²) in [6, 6.07) is 60.5. The van der Waals surface area contributed by atoms with Crippen molar-refractivity contribution in [2.24, 2.45) is 7.05 Å². The second kappa shape index (κ2) is 12.8. The van der Waals surface area contributed by atoms with Crippen LogP contribution in [0.2, 0.25) is 0 Å². The van der Waals surface area contributed by atoms with Gasteiger partial charge in [0.25, 0.3) is 0 Å². The van der Waals surface area contributed by atoms with Crippen molar-refractivity contribution in [1.29, 1.82) is 0 Å². The number of aromatic nitrogens is 3. The number of rotatable bonds is 5. The minimum absolute atomic E-state index is 0.00840. The predicted molar refractivity (Wildman–Crippen MR) is 238 cm³/mol. The summed E-state index contributed by atoms with van der Waals surface area (Å²) in [5.41, 5.74) is 16.0. The second-order valence-corrected chi connectivity index (χ2v) is 18.3. The summed E-state index contributed by atoms with van der Waals surface area (Å²) < 4.78 is 2.21. The summed E-state index contributed by atoms with van der Waals surface area (Å²) in [6.07, 6.45) is 2.26. The van der Waals surface area contributed by atoms with E-state index in [2.05, 4.69) is 223 Å². The van der Waals surface area contributed by atoms with Gasteiger partial charge in [0.2, 0.25) is 0 Å². The molecule has 3 heteroatoms. The smallest absolute Gasteiger partial charge is 0.140 e. The molecule has 0 unspecified atom stereocenters. The third kappa shape index (κ3) is 5.12. The molecule has 0 radical (unpaired) electrons. The van der Waals surface area contributed by atoms with Crippen LogP contribution in [0.4, 0.5) is 0 Å². The molecule has 0 saturated carbocycles. The van der Waals surface area contributed by atoms with Crippen molar-refractivity contribution in [1.82, 2.24) is 14.5 Å². The van der Waals surface area contributed by atoms with E-state index in [9.17, 15) is 0 Å². The Hall–Kier alpha value is -6.32. The first-order valence-electron chi connectivity index (χ1n) is 20.6. The molecule has 0 aliphatic heterocycles. The summed E-state index contributed by atoms with van der Waals surface area (Å²) >= 11 is 0. The predicted octanol–water partition coefficient (Wildman–Crippen LogP) is 12.8. The first-order valence-corrected chi connectivity index (χ1v) is 20.6. The van der Waals surface area contributed by atoms with Crippen molar-refractivity contribution >= 4 is 0 Å². The molecule has 2 aliphatic rings. The Kier molecular flexibility index (Phi) is 7.98. The van der Waals surface area contributed by atoms with Crippen LogP contribution in [0.5, 0.6) is 0 Å². The maximum atomic E-state index is 6.11. The molecule has 2 heterocycles. The molecule has 0 saturated heterocycles. The Labute approximate surface area is 343 Å². The van der Waals surface area contributed by atoms with E-state index in [1.807, 2.05) is 0 Å². The molecule has 0 spiro atoms. The van der Waals surface area contributed by atoms with Crippen molar-refractivity contribution in [3.8, 4) is 33.6 Å². The van der Waals surface area contributed by atoms with Crippen molar-refractivity contribution < 1.29 is 0 Å². The van der Waals surface area contributed by atoms with E-state index in [0.29, 0.717) is 0 Å². The SMILES string of the molecule is Cn1cc(C2(c3cc(C(C)(C)C)cc(C4(c5ccccc5)c5ccccc5-c5ccccc54)n3)c3ccccc3-c3ccccc32)nc1-c1cccc(C(C)(C)C)c1. The lowest BCUT2D eigenvalue weighted by atomic mass is 9.67. The third-order valence-corrected chi connectivity index (χ3v) is 12.8. The molecule has 10 rings (SSSR count). The van der Waals surface area contributed by atoms with Crippen LogP contribution in [0, 0.1) is 0 Å². The molecule has 2 aliphatic carbocycles. The highest BCUT2D eigenvalue weighted by Crippen LogP contribution is 2.59. The Balaban J connectivity index is 1.34. The van der Waals surface area contributed by atoms with Crippen LogP contribution in [0.3, 0.4) is 0 Å². The molecular weight excluding hydrogens is 703 g/mol. The first kappa shape index (κ1) is 36.0. The Morgan fingerprint density at radius 2 is 0.862 bits per heavy atom. The van der Waals surface area contributed by atoms with Crippen molar-refractivity contribution in [3.05, 3.63) is 226 Å². The highest BCUT2D eigenvalue weighted by Gasteiger charge is 2.52. The number of imidazole rings is 1. The van der Waals surface area contributed by atoms with Gasteiger partial charge in [-0.25, -0.2) is 4.98 Å². The molecule has 6 aromatic carbocycles. The number of nitrogens with zero attached hydrogens (tertiary/aromatic N) is 3. The van der Waals surface area contributed by atoms with Gasteiger partial charge in [-0.05, 0) is 90.2 Å². The molecule has 2 aromatic heterocycles. The molecule has 0 N–H and O–H groups in total. The molecule has 3 nitrogen and oxygen atoms in total. The standard InChI is InChI=1S/C55H49N3/c1-52(2,3)38-23-19-20-36(32-38)51-57-50(35-58(51)7)55(46-30-17-13-26-42(46)43-27-14-18-31-47(43)55)49-34-39(53(4,5)6)33-48(56-49)54(37-21-9-8-10-22-37)44-28-15-11-24-40(44)41-25-12-16-29-45(41)54/h8-35H,1-7H3. The fourth-order valence-corrected chi connectivity index (χ4v) is 9.96. The van der Waals surface area contributed by atoms with Gasteiger partial charge in [-0.2, -0.15) is 0 Å². The molecule has 0 bridgehead atoms. The molecule has 58 heavy (non-hydrogen) atoms. The van der Waals surface area contributed by atoms with Crippen LogP contribution in [-0.4, -0.2) is 14.5 Å². The van der Waals surface area contributed by atoms with E-state index < -0.39 is 10.8 Å². The summed E-state index contributed by atoms with van der Waals surface area (Å²) in [5, 5.41) is 0. The normalized spacial score (nSPS) is 14.7. The van der Waals surface area contributed by atoms with Crippen LogP contribution in [0.1, 0.15) is 97.6 Å². The minimum Gasteiger partial charge on any atom is -0.334 e. The first-order chi connectivity index (χ1) is 27.9. The summed E-state index contributed by atoms with van der Waals surface area (Å²) in [4.78, 5) is 11.8. The van der Waals surface area contributed by atoms with E-state index in [4.69, 9.17) is 9.97 Å². The van der Waals surface area contributed by atoms with Crippen molar-refractivity contribution in [3.63, 3.8) is 0 Å². The van der Waals surface area contributed by atoms with Gasteiger partial charge in [-0.15, -0.1) is 0 Å². The summed E-state index contributed by atoms with van der Waals surface area (Å²) in [6.45, 7) is 13.8. The van der Waals surface area contributed by atoms with Crippen LogP contribution >= 0.6 is 0 Å². The van der Waals surface area contributed by atoms with Gasteiger partial charge in [0.15, 0.2) is 0 Å². The monoisotopic (exact) mass is 751 g/mol. The van der Waals surface area contributed by atoms with Gasteiger partial charge >= 0.3 is 0 Å². The maximum Gasteiger partial charge on any atom is 0.140 e. The zero-order valence-electron chi connectivity index (χ0n) is 34.5. The number of fused-ring (bicyclic) bond motifs is 6. The molecule has 0 fully saturated rings. The van der Waals surface area contributed by atoms with E-state index >= 15 is 0 Å². The van der Waals surface area contributed by atoms with Gasteiger partial charge < -0.3 is 4.57 Å². The van der Waals surface area contributed by atoms with Crippen LogP contribution in [0.25, 0.3) is 33.6 Å². The Morgan fingerprint density at radius 3 is 1.36 bits per heavy atom. The van der Waals surface area contributed by atoms with Gasteiger partial charge in [-0.3, -0.25) is 4.98 Å². The second-order valence-electron chi connectivity index (χ2n) is 18.3. The number of pyridine rings is 1. The molecule has 284 valence electrons. The highest BCUT2D eigenvalue weighted by molar-refractivity contribution is 5.87. The van der Waals surface area contributed by atoms with Gasteiger partial charge in [0, 0.05) is 18.8 Å².